The summed E-state index contributed by atoms with van der Waals surface area (Å²) in [6.07, 6.45) is 4.60. The molecule has 0 radical (unpaired) electrons. The van der Waals surface area contributed by atoms with Crippen LogP contribution in [0.5, 0.6) is 0 Å². The zero-order valence-electron chi connectivity index (χ0n) is 17.4. The van der Waals surface area contributed by atoms with E-state index < -0.39 is 0 Å². The number of likely N-dealkylation sites (tertiary alicyclic amines) is 3. The lowest BCUT2D eigenvalue weighted by atomic mass is 9.71. The zero-order valence-corrected chi connectivity index (χ0v) is 17.4. The second-order valence-corrected chi connectivity index (χ2v) is 10.8. The molecule has 0 unspecified atom stereocenters. The van der Waals surface area contributed by atoms with Crippen molar-refractivity contribution in [3.63, 3.8) is 0 Å². The van der Waals surface area contributed by atoms with E-state index in [1.165, 1.54) is 25.9 Å². The molecular weight excluding hydrogens is 310 g/mol. The van der Waals surface area contributed by atoms with Crippen LogP contribution in [0.4, 0.5) is 0 Å². The summed E-state index contributed by atoms with van der Waals surface area (Å²) in [5, 5.41) is 0. The molecule has 0 aromatic carbocycles. The number of hydrogen-bond acceptors (Lipinski definition) is 3. The smallest absolute Gasteiger partial charge is 0.225 e. The van der Waals surface area contributed by atoms with Crippen LogP contribution < -0.4 is 0 Å². The van der Waals surface area contributed by atoms with Crippen LogP contribution in [0.2, 0.25) is 0 Å². The Morgan fingerprint density at radius 1 is 0.800 bits per heavy atom. The summed E-state index contributed by atoms with van der Waals surface area (Å²) in [5.74, 6) is 0.711. The molecule has 0 N–H and O–H groups in total. The van der Waals surface area contributed by atoms with Gasteiger partial charge in [-0.15, -0.1) is 0 Å². The molecule has 1 spiro atoms. The fraction of sp³-hybridized carbons (Fsp3) is 0.952. The van der Waals surface area contributed by atoms with Crippen molar-refractivity contribution in [3.05, 3.63) is 0 Å². The minimum absolute atomic E-state index is 0.232. The minimum Gasteiger partial charge on any atom is -0.341 e. The van der Waals surface area contributed by atoms with E-state index in [1.54, 1.807) is 0 Å². The van der Waals surface area contributed by atoms with E-state index in [4.69, 9.17) is 0 Å². The number of amides is 1. The van der Waals surface area contributed by atoms with Gasteiger partial charge in [-0.1, -0.05) is 0 Å². The summed E-state index contributed by atoms with van der Waals surface area (Å²) in [6, 6.07) is 0. The molecular formula is C21H39N3O. The van der Waals surface area contributed by atoms with E-state index in [-0.39, 0.29) is 17.0 Å². The third-order valence-corrected chi connectivity index (χ3v) is 6.93. The van der Waals surface area contributed by atoms with Crippen LogP contribution in [0.1, 0.15) is 67.2 Å². The Morgan fingerprint density at radius 3 is 1.68 bits per heavy atom. The Balaban J connectivity index is 1.45. The molecule has 3 saturated heterocycles. The fourth-order valence-electron chi connectivity index (χ4n) is 4.94. The highest BCUT2D eigenvalue weighted by Crippen LogP contribution is 2.42. The molecule has 3 heterocycles. The van der Waals surface area contributed by atoms with Crippen molar-refractivity contribution >= 4 is 5.91 Å². The van der Waals surface area contributed by atoms with Crippen molar-refractivity contribution in [1.82, 2.24) is 14.7 Å². The highest BCUT2D eigenvalue weighted by molar-refractivity contribution is 5.80. The van der Waals surface area contributed by atoms with Gasteiger partial charge in [0.25, 0.3) is 0 Å². The van der Waals surface area contributed by atoms with Gasteiger partial charge < -0.3 is 4.90 Å². The van der Waals surface area contributed by atoms with Gasteiger partial charge in [0.05, 0.1) is 0 Å². The topological polar surface area (TPSA) is 26.8 Å². The van der Waals surface area contributed by atoms with Crippen LogP contribution in [-0.4, -0.2) is 71.0 Å². The first kappa shape index (κ1) is 19.2. The zero-order chi connectivity index (χ0) is 18.5. The molecule has 0 bridgehead atoms. The van der Waals surface area contributed by atoms with Gasteiger partial charge in [-0.25, -0.2) is 0 Å². The summed E-state index contributed by atoms with van der Waals surface area (Å²) in [4.78, 5) is 20.2. The summed E-state index contributed by atoms with van der Waals surface area (Å²) >= 11 is 0. The third kappa shape index (κ3) is 4.05. The monoisotopic (exact) mass is 349 g/mol. The molecule has 144 valence electrons. The Morgan fingerprint density at radius 2 is 1.24 bits per heavy atom. The number of hydrogen-bond donors (Lipinski definition) is 0. The first-order valence-corrected chi connectivity index (χ1v) is 10.3. The maximum atomic E-state index is 12.9. The molecule has 0 aliphatic carbocycles. The average Bonchev–Trinajstić information content (AvgIpc) is 2.50. The van der Waals surface area contributed by atoms with Crippen LogP contribution in [-0.2, 0) is 4.79 Å². The highest BCUT2D eigenvalue weighted by atomic mass is 16.2. The number of nitrogens with zero attached hydrogens (tertiary/aromatic N) is 3. The minimum atomic E-state index is 0.232. The van der Waals surface area contributed by atoms with E-state index in [0.29, 0.717) is 11.3 Å². The summed E-state index contributed by atoms with van der Waals surface area (Å²) in [5.41, 5.74) is 0.946. The number of rotatable bonds is 1. The third-order valence-electron chi connectivity index (χ3n) is 6.93. The van der Waals surface area contributed by atoms with Crippen LogP contribution in [0.3, 0.4) is 0 Å². The van der Waals surface area contributed by atoms with Crippen molar-refractivity contribution in [2.45, 2.75) is 78.3 Å². The van der Waals surface area contributed by atoms with Crippen LogP contribution >= 0.6 is 0 Å². The molecule has 3 rings (SSSR count). The number of carbonyl (C=O) groups excluding carboxylic acids is 1. The van der Waals surface area contributed by atoms with Crippen LogP contribution in [0.25, 0.3) is 0 Å². The summed E-state index contributed by atoms with van der Waals surface area (Å²) in [6.45, 7) is 20.3. The van der Waals surface area contributed by atoms with Crippen molar-refractivity contribution in [1.29, 1.82) is 0 Å². The van der Waals surface area contributed by atoms with Crippen molar-refractivity contribution in [2.75, 3.05) is 39.3 Å². The maximum Gasteiger partial charge on any atom is 0.225 e. The highest BCUT2D eigenvalue weighted by Gasteiger charge is 2.48. The standard InChI is InChI=1S/C21H39N3O/c1-19(2,3)23-11-7-17(8-12-23)18(25)22-15-21(16-22)9-13-24(14-10-21)20(4,5)6/h17H,7-16H2,1-6H3. The van der Waals surface area contributed by atoms with E-state index in [9.17, 15) is 4.79 Å². The normalized spacial score (nSPS) is 26.7. The lowest BCUT2D eigenvalue weighted by Crippen LogP contribution is -2.64. The second-order valence-electron chi connectivity index (χ2n) is 10.8. The van der Waals surface area contributed by atoms with Crippen LogP contribution in [0.15, 0.2) is 0 Å². The van der Waals surface area contributed by atoms with Crippen LogP contribution in [0, 0.1) is 11.3 Å². The average molecular weight is 350 g/mol. The molecule has 25 heavy (non-hydrogen) atoms. The quantitative estimate of drug-likeness (QED) is 0.727. The Hall–Kier alpha value is -0.610. The second kappa shape index (κ2) is 6.53. The molecule has 3 fully saturated rings. The van der Waals surface area contributed by atoms with Crippen molar-refractivity contribution in [3.8, 4) is 0 Å². The van der Waals surface area contributed by atoms with Gasteiger partial charge in [0.1, 0.15) is 0 Å². The van der Waals surface area contributed by atoms with Crippen molar-refractivity contribution < 1.29 is 4.79 Å². The van der Waals surface area contributed by atoms with E-state index in [1.807, 2.05) is 0 Å². The SMILES string of the molecule is CC(C)(C)N1CCC(C(=O)N2CC3(CCN(C(C)(C)C)CC3)C2)CC1. The van der Waals surface area contributed by atoms with Gasteiger partial charge in [-0.3, -0.25) is 14.6 Å². The predicted molar refractivity (Wildman–Crippen MR) is 104 cm³/mol. The molecule has 3 aliphatic rings. The molecule has 4 heteroatoms. The molecule has 0 aromatic rings. The van der Waals surface area contributed by atoms with Gasteiger partial charge >= 0.3 is 0 Å². The first-order valence-electron chi connectivity index (χ1n) is 10.3. The summed E-state index contributed by atoms with van der Waals surface area (Å²) in [7, 11) is 0. The van der Waals surface area contributed by atoms with Crippen molar-refractivity contribution in [2.24, 2.45) is 11.3 Å². The Kier molecular flexibility index (Phi) is 5.00. The van der Waals surface area contributed by atoms with Gasteiger partial charge in [0.15, 0.2) is 0 Å². The molecule has 0 atom stereocenters. The molecule has 4 nitrogen and oxygen atoms in total. The lowest BCUT2D eigenvalue weighted by Gasteiger charge is -2.56. The van der Waals surface area contributed by atoms with Gasteiger partial charge in [-0.05, 0) is 93.4 Å². The van der Waals surface area contributed by atoms with Gasteiger partial charge in [-0.2, -0.15) is 0 Å². The number of carbonyl (C=O) groups is 1. The molecule has 3 aliphatic heterocycles. The fourth-order valence-corrected chi connectivity index (χ4v) is 4.94. The molecule has 0 saturated carbocycles. The van der Waals surface area contributed by atoms with E-state index in [0.717, 1.165) is 39.0 Å². The predicted octanol–water partition coefficient (Wildman–Crippen LogP) is 3.22. The molecule has 0 aromatic heterocycles. The Labute approximate surface area is 154 Å². The largest absolute Gasteiger partial charge is 0.341 e. The van der Waals surface area contributed by atoms with E-state index in [2.05, 4.69) is 56.2 Å². The van der Waals surface area contributed by atoms with E-state index >= 15 is 0 Å². The molecule has 1 amide bonds. The number of piperidine rings is 2. The van der Waals surface area contributed by atoms with Gasteiger partial charge in [0, 0.05) is 35.5 Å². The maximum absolute atomic E-state index is 12.9. The Bertz CT molecular complexity index is 478. The first-order chi connectivity index (χ1) is 11.5. The van der Waals surface area contributed by atoms with Gasteiger partial charge in [0.2, 0.25) is 5.91 Å². The summed E-state index contributed by atoms with van der Waals surface area (Å²) < 4.78 is 0. The lowest BCUT2D eigenvalue weighted by molar-refractivity contribution is -0.154.